The summed E-state index contributed by atoms with van der Waals surface area (Å²) in [4.78, 5) is 24.0. The molecule has 64 heavy (non-hydrogen) atoms. The second-order valence-electron chi connectivity index (χ2n) is 21.7. The molecule has 348 valence electrons. The summed E-state index contributed by atoms with van der Waals surface area (Å²) >= 11 is 0. The number of hydrogen-bond acceptors (Lipinski definition) is 9. The van der Waals surface area contributed by atoms with Gasteiger partial charge in [-0.3, -0.25) is 9.59 Å². The molecule has 4 fully saturated rings. The molecule has 4 aromatic rings. The Balaban J connectivity index is 0.000000191. The molecule has 0 radical (unpaired) electrons. The van der Waals surface area contributed by atoms with E-state index in [0.717, 1.165) is 81.2 Å². The summed E-state index contributed by atoms with van der Waals surface area (Å²) in [5, 5.41) is 20.5. The van der Waals surface area contributed by atoms with Crippen molar-refractivity contribution in [3.05, 3.63) is 83.9 Å². The van der Waals surface area contributed by atoms with Gasteiger partial charge >= 0.3 is 11.9 Å². The summed E-state index contributed by atoms with van der Waals surface area (Å²) in [5.41, 5.74) is 2.47. The lowest BCUT2D eigenvalue weighted by atomic mass is 9.72. The van der Waals surface area contributed by atoms with Crippen LogP contribution in [0.3, 0.4) is 0 Å². The topological polar surface area (TPSA) is 115 Å². The molecule has 3 N–H and O–H groups in total. The van der Waals surface area contributed by atoms with Crippen LogP contribution < -0.4 is 20.1 Å². The second-order valence-corrected chi connectivity index (χ2v) is 21.7. The second kappa shape index (κ2) is 20.6. The Morgan fingerprint density at radius 2 is 0.938 bits per heavy atom. The van der Waals surface area contributed by atoms with E-state index in [-0.39, 0.29) is 17.4 Å². The predicted molar refractivity (Wildman–Crippen MR) is 256 cm³/mol. The van der Waals surface area contributed by atoms with E-state index in [0.29, 0.717) is 49.3 Å². The van der Waals surface area contributed by atoms with Crippen LogP contribution >= 0.6 is 0 Å². The zero-order valence-corrected chi connectivity index (χ0v) is 39.9. The van der Waals surface area contributed by atoms with Crippen LogP contribution in [-0.2, 0) is 32.2 Å². The molecule has 0 heterocycles. The average molecular weight is 877 g/mol. The normalized spacial score (nSPS) is 22.5. The van der Waals surface area contributed by atoms with Crippen molar-refractivity contribution in [3.63, 3.8) is 0 Å². The number of fused-ring (bicyclic) bond motifs is 2. The minimum Gasteiger partial charge on any atom is -0.490 e. The number of carbonyl (C=O) groups excluding carboxylic acids is 2. The van der Waals surface area contributed by atoms with Gasteiger partial charge in [-0.1, -0.05) is 77.9 Å². The van der Waals surface area contributed by atoms with Crippen molar-refractivity contribution in [1.82, 2.24) is 10.6 Å². The molecule has 4 aromatic carbocycles. The van der Waals surface area contributed by atoms with Crippen LogP contribution in [0.4, 0.5) is 0 Å². The number of aliphatic hydroxyl groups is 1. The molecular formula is C55H76N2O7. The Labute approximate surface area is 382 Å². The van der Waals surface area contributed by atoms with E-state index in [1.54, 1.807) is 0 Å². The van der Waals surface area contributed by atoms with E-state index in [2.05, 4.69) is 125 Å². The minimum atomic E-state index is -0.546. The summed E-state index contributed by atoms with van der Waals surface area (Å²) < 4.78 is 22.7. The summed E-state index contributed by atoms with van der Waals surface area (Å²) in [7, 11) is 0. The molecule has 0 aromatic heterocycles. The van der Waals surface area contributed by atoms with Crippen LogP contribution in [0, 0.1) is 33.5 Å². The van der Waals surface area contributed by atoms with E-state index < -0.39 is 12.2 Å². The van der Waals surface area contributed by atoms with E-state index in [4.69, 9.17) is 24.1 Å². The highest BCUT2D eigenvalue weighted by Crippen LogP contribution is 2.47. The van der Waals surface area contributed by atoms with Crippen LogP contribution in [-0.4, -0.2) is 55.7 Å². The lowest BCUT2D eigenvalue weighted by molar-refractivity contribution is -0.158. The summed E-state index contributed by atoms with van der Waals surface area (Å²) in [5.74, 6) is 3.18. The molecule has 8 rings (SSSR count). The van der Waals surface area contributed by atoms with E-state index in [1.165, 1.54) is 58.4 Å². The summed E-state index contributed by atoms with van der Waals surface area (Å²) in [6.07, 6.45) is 13.7. The first-order valence-electron chi connectivity index (χ1n) is 24.3. The Kier molecular flexibility index (Phi) is 15.3. The largest absolute Gasteiger partial charge is 0.490 e. The van der Waals surface area contributed by atoms with Gasteiger partial charge in [-0.2, -0.15) is 0 Å². The number of esters is 2. The van der Waals surface area contributed by atoms with Gasteiger partial charge in [0.1, 0.15) is 11.5 Å². The molecule has 4 saturated carbocycles. The number of nitrogens with one attached hydrogen (secondary N) is 2. The Morgan fingerprint density at radius 3 is 1.30 bits per heavy atom. The third-order valence-corrected chi connectivity index (χ3v) is 14.8. The zero-order valence-electron chi connectivity index (χ0n) is 39.9. The van der Waals surface area contributed by atoms with Crippen LogP contribution in [0.2, 0.25) is 0 Å². The van der Waals surface area contributed by atoms with Gasteiger partial charge in [-0.05, 0) is 176 Å². The molecule has 0 aliphatic heterocycles. The van der Waals surface area contributed by atoms with Gasteiger partial charge in [0.05, 0.1) is 29.6 Å². The lowest BCUT2D eigenvalue weighted by Crippen LogP contribution is -2.31. The molecule has 0 unspecified atom stereocenters. The Morgan fingerprint density at radius 1 is 0.562 bits per heavy atom. The van der Waals surface area contributed by atoms with Crippen molar-refractivity contribution in [2.45, 2.75) is 151 Å². The van der Waals surface area contributed by atoms with Gasteiger partial charge in [0.25, 0.3) is 0 Å². The predicted octanol–water partition coefficient (Wildman–Crippen LogP) is 11.4. The van der Waals surface area contributed by atoms with Gasteiger partial charge in [0.15, 0.2) is 6.79 Å². The first-order chi connectivity index (χ1) is 30.6. The fraction of sp³-hybridized carbons (Fsp3) is 0.600. The van der Waals surface area contributed by atoms with E-state index >= 15 is 0 Å². The number of hydrogen-bond donors (Lipinski definition) is 3. The summed E-state index contributed by atoms with van der Waals surface area (Å²) in [6, 6.07) is 25.8. The van der Waals surface area contributed by atoms with Crippen LogP contribution in [0.1, 0.15) is 137 Å². The third kappa shape index (κ3) is 12.6. The smallest absolute Gasteiger partial charge is 0.315 e. The molecule has 0 atom stereocenters. The first kappa shape index (κ1) is 47.8. The van der Waals surface area contributed by atoms with Crippen LogP contribution in [0.5, 0.6) is 11.5 Å². The van der Waals surface area contributed by atoms with E-state index in [1.807, 2.05) is 6.92 Å². The monoisotopic (exact) mass is 877 g/mol. The lowest BCUT2D eigenvalue weighted by Gasteiger charge is -2.37. The molecule has 0 saturated heterocycles. The average Bonchev–Trinajstić information content (AvgIpc) is 4.21. The number of benzene rings is 4. The van der Waals surface area contributed by atoms with Crippen molar-refractivity contribution in [1.29, 1.82) is 0 Å². The fourth-order valence-electron chi connectivity index (χ4n) is 9.99. The Bertz CT molecular complexity index is 2030. The SMILES string of the molecule is CC(C)(C)C1CCC(Oc2ccc3cc(CNCC4(C(=O)OCO)CC4)ccc3c2)CC1.CCOC(=O)C1(CNCc2ccc3cc(OC4CCC(C(C)(C)C)CC4)ccc3c2)CC1. The molecular weight excluding hydrogens is 801 g/mol. The Hall–Kier alpha value is -4.18. The maximum atomic E-state index is 12.1. The maximum Gasteiger partial charge on any atom is 0.315 e. The van der Waals surface area contributed by atoms with Crippen LogP contribution in [0.15, 0.2) is 72.8 Å². The molecule has 0 spiro atoms. The van der Waals surface area contributed by atoms with Gasteiger partial charge in [0.2, 0.25) is 0 Å². The van der Waals surface area contributed by atoms with Crippen LogP contribution in [0.25, 0.3) is 21.5 Å². The van der Waals surface area contributed by atoms with Crippen molar-refractivity contribution >= 4 is 33.5 Å². The highest BCUT2D eigenvalue weighted by Gasteiger charge is 2.51. The molecule has 0 bridgehead atoms. The number of carbonyl (C=O) groups is 2. The third-order valence-electron chi connectivity index (χ3n) is 14.8. The van der Waals surface area contributed by atoms with Crippen molar-refractivity contribution in [3.8, 4) is 11.5 Å². The first-order valence-corrected chi connectivity index (χ1v) is 24.3. The quantitative estimate of drug-likeness (QED) is 0.0747. The highest BCUT2D eigenvalue weighted by molar-refractivity contribution is 5.85. The van der Waals surface area contributed by atoms with Gasteiger partial charge < -0.3 is 34.7 Å². The molecule has 9 heteroatoms. The number of rotatable bonds is 16. The minimum absolute atomic E-state index is 0.0505. The molecule has 4 aliphatic carbocycles. The van der Waals surface area contributed by atoms with Gasteiger partial charge in [0, 0.05) is 26.2 Å². The molecule has 4 aliphatic rings. The van der Waals surface area contributed by atoms with Gasteiger partial charge in [-0.15, -0.1) is 0 Å². The number of ether oxygens (including phenoxy) is 4. The highest BCUT2D eigenvalue weighted by atomic mass is 16.6. The van der Waals surface area contributed by atoms with E-state index in [9.17, 15) is 9.59 Å². The van der Waals surface area contributed by atoms with Gasteiger partial charge in [-0.25, -0.2) is 0 Å². The zero-order chi connectivity index (χ0) is 45.5. The summed E-state index contributed by atoms with van der Waals surface area (Å²) in [6.45, 7) is 18.6. The fourth-order valence-corrected chi connectivity index (χ4v) is 9.99. The standard InChI is InChI=1S/C28H39NO3.C27H37NO4/c1-5-31-26(30)28(14-15-28)19-29-18-20-6-7-22-17-25(11-8-21(22)16-20)32-24-12-9-23(10-13-24)27(2,3)4;1-26(2,3)22-7-10-23(11-8-22)32-24-9-6-20-14-19(4-5-21(20)15-24)16-28-17-27(12-13-27)25(30)31-18-29/h6-8,11,16-17,23-24,29H,5,9-10,12-15,18-19H2,1-4H3;4-6,9,14-15,22-23,28-29H,7-8,10-13,16-18H2,1-3H3. The molecule has 9 nitrogen and oxygen atoms in total. The van der Waals surface area contributed by atoms with Crippen molar-refractivity contribution < 1.29 is 33.6 Å². The van der Waals surface area contributed by atoms with Crippen molar-refractivity contribution in [2.24, 2.45) is 33.5 Å². The molecule has 0 amide bonds. The number of aliphatic hydroxyl groups excluding tert-OH is 1. The maximum absolute atomic E-state index is 12.1. The van der Waals surface area contributed by atoms with Crippen molar-refractivity contribution in [2.75, 3.05) is 26.5 Å².